The van der Waals surface area contributed by atoms with Gasteiger partial charge in [-0.3, -0.25) is 9.78 Å². The zero-order valence-electron chi connectivity index (χ0n) is 15.3. The van der Waals surface area contributed by atoms with Gasteiger partial charge in [0, 0.05) is 28.2 Å². The molecule has 0 fully saturated rings. The van der Waals surface area contributed by atoms with Crippen molar-refractivity contribution in [3.8, 4) is 5.69 Å². The van der Waals surface area contributed by atoms with Crippen LogP contribution >= 0.6 is 11.6 Å². The lowest BCUT2D eigenvalue weighted by Crippen LogP contribution is -2.24. The molecule has 0 aliphatic carbocycles. The highest BCUT2D eigenvalue weighted by Crippen LogP contribution is 2.31. The van der Waals surface area contributed by atoms with Gasteiger partial charge < -0.3 is 5.73 Å². The average molecular weight is 387 g/mol. The molecule has 0 saturated heterocycles. The second-order valence-corrected chi connectivity index (χ2v) is 6.95. The highest BCUT2D eigenvalue weighted by atomic mass is 35.5. The molecule has 140 valence electrons. The first-order valence-electron chi connectivity index (χ1n) is 8.50. The maximum absolute atomic E-state index is 13.3. The third-order valence-electron chi connectivity index (χ3n) is 4.60. The van der Waals surface area contributed by atoms with Gasteiger partial charge in [-0.05, 0) is 57.0 Å². The molecule has 2 aromatic heterocycles. The summed E-state index contributed by atoms with van der Waals surface area (Å²) in [7, 11) is 0. The molecule has 1 aromatic carbocycles. The highest BCUT2D eigenvalue weighted by Gasteiger charge is 2.27. The molecule has 1 amide bonds. The Morgan fingerprint density at radius 3 is 2.63 bits per heavy atom. The van der Waals surface area contributed by atoms with Crippen LogP contribution in [-0.4, -0.2) is 20.7 Å². The fourth-order valence-electron chi connectivity index (χ4n) is 3.32. The van der Waals surface area contributed by atoms with Gasteiger partial charge in [-0.15, -0.1) is 0 Å². The average Bonchev–Trinajstić information content (AvgIpc) is 2.89. The van der Waals surface area contributed by atoms with E-state index in [2.05, 4.69) is 10.1 Å². The molecule has 0 saturated carbocycles. The van der Waals surface area contributed by atoms with Crippen LogP contribution in [0.2, 0.25) is 5.02 Å². The van der Waals surface area contributed by atoms with Crippen molar-refractivity contribution in [1.82, 2.24) is 14.8 Å². The molecule has 7 heteroatoms. The Kier molecular flexibility index (Phi) is 5.28. The lowest BCUT2D eigenvalue weighted by Gasteiger charge is -2.16. The van der Waals surface area contributed by atoms with Gasteiger partial charge in [-0.2, -0.15) is 5.10 Å². The number of aryl methyl sites for hydroxylation is 2. The first kappa shape index (κ1) is 19.0. The smallest absolute Gasteiger partial charge is 0.225 e. The van der Waals surface area contributed by atoms with E-state index in [9.17, 15) is 9.18 Å². The van der Waals surface area contributed by atoms with E-state index in [-0.39, 0.29) is 11.4 Å². The minimum absolute atomic E-state index is 0.272. The summed E-state index contributed by atoms with van der Waals surface area (Å²) < 4.78 is 15.1. The van der Waals surface area contributed by atoms with E-state index >= 15 is 0 Å². The number of pyridine rings is 1. The van der Waals surface area contributed by atoms with E-state index in [0.717, 1.165) is 22.6 Å². The molecule has 0 aliphatic rings. The van der Waals surface area contributed by atoms with Crippen LogP contribution in [-0.2, 0) is 11.2 Å². The Bertz CT molecular complexity index is 1020. The summed E-state index contributed by atoms with van der Waals surface area (Å²) >= 11 is 6.14. The molecule has 27 heavy (non-hydrogen) atoms. The van der Waals surface area contributed by atoms with Gasteiger partial charge in [0.2, 0.25) is 5.91 Å². The molecule has 1 unspecified atom stereocenters. The van der Waals surface area contributed by atoms with E-state index in [0.29, 0.717) is 11.3 Å². The number of rotatable bonds is 5. The molecule has 3 aromatic rings. The van der Waals surface area contributed by atoms with Crippen molar-refractivity contribution < 1.29 is 9.18 Å². The van der Waals surface area contributed by atoms with Crippen molar-refractivity contribution in [3.05, 3.63) is 75.6 Å². The molecule has 1 atom stereocenters. The molecule has 0 radical (unpaired) electrons. The summed E-state index contributed by atoms with van der Waals surface area (Å²) in [4.78, 5) is 16.4. The summed E-state index contributed by atoms with van der Waals surface area (Å²) in [6.07, 6.45) is 1.99. The zero-order valence-corrected chi connectivity index (χ0v) is 16.1. The Labute approximate surface area is 162 Å². The second kappa shape index (κ2) is 7.48. The van der Waals surface area contributed by atoms with Crippen molar-refractivity contribution in [2.75, 3.05) is 0 Å². The van der Waals surface area contributed by atoms with Gasteiger partial charge in [0.1, 0.15) is 5.82 Å². The van der Waals surface area contributed by atoms with Crippen molar-refractivity contribution >= 4 is 17.5 Å². The van der Waals surface area contributed by atoms with Gasteiger partial charge in [-0.1, -0.05) is 17.7 Å². The predicted octanol–water partition coefficient (Wildman–Crippen LogP) is 3.80. The number of carbonyl (C=O) groups is 1. The van der Waals surface area contributed by atoms with Crippen LogP contribution < -0.4 is 5.73 Å². The number of hydrogen-bond acceptors (Lipinski definition) is 3. The summed E-state index contributed by atoms with van der Waals surface area (Å²) in [6.45, 7) is 5.64. The monoisotopic (exact) mass is 386 g/mol. The Morgan fingerprint density at radius 1 is 1.26 bits per heavy atom. The molecular formula is C20H20ClFN4O. The van der Waals surface area contributed by atoms with Gasteiger partial charge in [0.05, 0.1) is 17.3 Å². The number of primary amides is 1. The number of halogens is 2. The normalized spacial score (nSPS) is 12.2. The van der Waals surface area contributed by atoms with Gasteiger partial charge >= 0.3 is 0 Å². The van der Waals surface area contributed by atoms with Crippen LogP contribution in [0.25, 0.3) is 5.69 Å². The number of amides is 1. The lowest BCUT2D eigenvalue weighted by atomic mass is 9.90. The standard InChI is InChI=1S/C20H20ClFN4O/c1-11-8-16(6-7-24-11)26-13(3)19(12(2)25-26)17(20(23)27)9-14-4-5-15(22)10-18(14)21/h4-8,10,17H,9H2,1-3H3,(H2,23,27). The van der Waals surface area contributed by atoms with Crippen LogP contribution in [0, 0.1) is 26.6 Å². The zero-order chi connectivity index (χ0) is 19.7. The molecule has 0 spiro atoms. The number of nitrogens with two attached hydrogens (primary N) is 1. The molecule has 3 rings (SSSR count). The van der Waals surface area contributed by atoms with Crippen LogP contribution in [0.15, 0.2) is 36.5 Å². The summed E-state index contributed by atoms with van der Waals surface area (Å²) in [5, 5.41) is 4.86. The quantitative estimate of drug-likeness (QED) is 0.724. The lowest BCUT2D eigenvalue weighted by molar-refractivity contribution is -0.119. The highest BCUT2D eigenvalue weighted by molar-refractivity contribution is 6.31. The van der Waals surface area contributed by atoms with Gasteiger partial charge in [0.15, 0.2) is 0 Å². The Hall–Kier alpha value is -2.73. The fourth-order valence-corrected chi connectivity index (χ4v) is 3.57. The Morgan fingerprint density at radius 2 is 2.00 bits per heavy atom. The van der Waals surface area contributed by atoms with E-state index in [1.807, 2.05) is 32.9 Å². The van der Waals surface area contributed by atoms with Gasteiger partial charge in [-0.25, -0.2) is 9.07 Å². The maximum Gasteiger partial charge on any atom is 0.225 e. The van der Waals surface area contributed by atoms with E-state index in [1.165, 1.54) is 12.1 Å². The number of aromatic nitrogens is 3. The maximum atomic E-state index is 13.3. The predicted molar refractivity (Wildman–Crippen MR) is 103 cm³/mol. The molecular weight excluding hydrogens is 367 g/mol. The largest absolute Gasteiger partial charge is 0.369 e. The van der Waals surface area contributed by atoms with Crippen LogP contribution in [0.5, 0.6) is 0 Å². The molecule has 5 nitrogen and oxygen atoms in total. The molecule has 2 heterocycles. The SMILES string of the molecule is Cc1cc(-n2nc(C)c(C(Cc3ccc(F)cc3Cl)C(N)=O)c2C)ccn1. The van der Waals surface area contributed by atoms with Crippen molar-refractivity contribution in [2.45, 2.75) is 33.1 Å². The minimum atomic E-state index is -0.621. The van der Waals surface area contributed by atoms with E-state index in [4.69, 9.17) is 17.3 Å². The van der Waals surface area contributed by atoms with Crippen molar-refractivity contribution in [2.24, 2.45) is 5.73 Å². The first-order valence-corrected chi connectivity index (χ1v) is 8.88. The van der Waals surface area contributed by atoms with E-state index in [1.54, 1.807) is 16.9 Å². The number of benzene rings is 1. The molecule has 0 bridgehead atoms. The van der Waals surface area contributed by atoms with Crippen LogP contribution in [0.4, 0.5) is 4.39 Å². The fraction of sp³-hybridized carbons (Fsp3) is 0.250. The second-order valence-electron chi connectivity index (χ2n) is 6.55. The number of nitrogens with zero attached hydrogens (tertiary/aromatic N) is 3. The number of carbonyl (C=O) groups excluding carboxylic acids is 1. The van der Waals surface area contributed by atoms with E-state index < -0.39 is 17.6 Å². The van der Waals surface area contributed by atoms with Crippen molar-refractivity contribution in [1.29, 1.82) is 0 Å². The third kappa shape index (κ3) is 3.85. The van der Waals surface area contributed by atoms with Crippen LogP contribution in [0.3, 0.4) is 0 Å². The minimum Gasteiger partial charge on any atom is -0.369 e. The number of hydrogen-bond donors (Lipinski definition) is 1. The van der Waals surface area contributed by atoms with Gasteiger partial charge in [0.25, 0.3) is 0 Å². The van der Waals surface area contributed by atoms with Crippen molar-refractivity contribution in [3.63, 3.8) is 0 Å². The molecule has 2 N–H and O–H groups in total. The summed E-state index contributed by atoms with van der Waals surface area (Å²) in [6, 6.07) is 7.90. The first-order chi connectivity index (χ1) is 12.8. The Balaban J connectivity index is 2.05. The summed E-state index contributed by atoms with van der Waals surface area (Å²) in [5.41, 5.74) is 10.4. The third-order valence-corrected chi connectivity index (χ3v) is 4.95. The van der Waals surface area contributed by atoms with Crippen LogP contribution in [0.1, 0.15) is 34.1 Å². The summed E-state index contributed by atoms with van der Waals surface area (Å²) in [5.74, 6) is -1.52. The topological polar surface area (TPSA) is 73.8 Å². The molecule has 0 aliphatic heterocycles.